The molecule has 0 aliphatic heterocycles. The topological polar surface area (TPSA) is 37.3 Å². The fourth-order valence-corrected chi connectivity index (χ4v) is 1.73. The summed E-state index contributed by atoms with van der Waals surface area (Å²) in [5.41, 5.74) is 2.84. The fraction of sp³-hybridized carbons (Fsp3) is 0.316. The molecule has 0 aliphatic carbocycles. The maximum Gasteiger partial charge on any atom is 0.335 e. The van der Waals surface area contributed by atoms with Crippen molar-refractivity contribution in [1.82, 2.24) is 0 Å². The van der Waals surface area contributed by atoms with E-state index in [4.69, 9.17) is 16.7 Å². The summed E-state index contributed by atoms with van der Waals surface area (Å²) < 4.78 is 0. The van der Waals surface area contributed by atoms with Crippen molar-refractivity contribution < 1.29 is 9.90 Å². The summed E-state index contributed by atoms with van der Waals surface area (Å²) in [4.78, 5) is 10.4. The molecule has 0 radical (unpaired) electrons. The molecular formula is C19H25ClO2. The predicted octanol–water partition coefficient (Wildman–Crippen LogP) is 5.88. The number of carbonyl (C=O) groups is 1. The second kappa shape index (κ2) is 11.8. The van der Waals surface area contributed by atoms with Crippen LogP contribution in [-0.2, 0) is 12.8 Å². The van der Waals surface area contributed by atoms with Gasteiger partial charge in [0, 0.05) is 5.02 Å². The van der Waals surface area contributed by atoms with Crippen molar-refractivity contribution in [2.24, 2.45) is 0 Å². The Kier molecular flexibility index (Phi) is 10.8. The van der Waals surface area contributed by atoms with Crippen LogP contribution >= 0.6 is 11.6 Å². The molecule has 2 aromatic carbocycles. The van der Waals surface area contributed by atoms with Crippen LogP contribution in [0.2, 0.25) is 5.02 Å². The first-order valence-corrected chi connectivity index (χ1v) is 8.01. The van der Waals surface area contributed by atoms with Crippen molar-refractivity contribution in [3.8, 4) is 0 Å². The monoisotopic (exact) mass is 320 g/mol. The van der Waals surface area contributed by atoms with Crippen LogP contribution in [0.25, 0.3) is 0 Å². The molecule has 0 atom stereocenters. The number of hydrogen-bond acceptors (Lipinski definition) is 1. The molecule has 0 fully saturated rings. The third-order valence-electron chi connectivity index (χ3n) is 2.93. The van der Waals surface area contributed by atoms with Crippen LogP contribution in [0.5, 0.6) is 0 Å². The van der Waals surface area contributed by atoms with Crippen LogP contribution in [0, 0.1) is 0 Å². The lowest BCUT2D eigenvalue weighted by Gasteiger charge is -1.96. The third kappa shape index (κ3) is 7.84. The predicted molar refractivity (Wildman–Crippen MR) is 95.0 cm³/mol. The highest BCUT2D eigenvalue weighted by atomic mass is 35.5. The van der Waals surface area contributed by atoms with Gasteiger partial charge in [-0.15, -0.1) is 0 Å². The molecule has 0 amide bonds. The Morgan fingerprint density at radius 1 is 0.864 bits per heavy atom. The summed E-state index contributed by atoms with van der Waals surface area (Å²) in [6.45, 7) is 8.17. The van der Waals surface area contributed by atoms with Gasteiger partial charge in [0.25, 0.3) is 0 Å². The second-order valence-corrected chi connectivity index (χ2v) is 4.77. The lowest BCUT2D eigenvalue weighted by molar-refractivity contribution is 0.0697. The number of rotatable bonds is 3. The largest absolute Gasteiger partial charge is 0.478 e. The molecule has 0 saturated heterocycles. The number of carboxylic acid groups (broad SMARTS) is 1. The van der Waals surface area contributed by atoms with Gasteiger partial charge in [-0.3, -0.25) is 0 Å². The normalized spacial score (nSPS) is 8.95. The van der Waals surface area contributed by atoms with E-state index in [2.05, 4.69) is 6.92 Å². The van der Waals surface area contributed by atoms with Gasteiger partial charge >= 0.3 is 5.97 Å². The maximum absolute atomic E-state index is 10.4. The van der Waals surface area contributed by atoms with Crippen LogP contribution in [-0.4, -0.2) is 11.1 Å². The van der Waals surface area contributed by atoms with Crippen molar-refractivity contribution in [1.29, 1.82) is 0 Å². The van der Waals surface area contributed by atoms with E-state index in [1.807, 2.05) is 57.2 Å². The van der Waals surface area contributed by atoms with Crippen LogP contribution < -0.4 is 0 Å². The molecule has 2 aromatic rings. The first-order chi connectivity index (χ1) is 10.6. The summed E-state index contributed by atoms with van der Waals surface area (Å²) in [6.07, 6.45) is 2.02. The highest BCUT2D eigenvalue weighted by Gasteiger charge is 1.99. The van der Waals surface area contributed by atoms with Gasteiger partial charge in [0.15, 0.2) is 0 Å². The number of aryl methyl sites for hydroxylation is 2. The highest BCUT2D eigenvalue weighted by Crippen LogP contribution is 2.09. The van der Waals surface area contributed by atoms with E-state index in [9.17, 15) is 4.79 Å². The zero-order valence-corrected chi connectivity index (χ0v) is 14.5. The van der Waals surface area contributed by atoms with E-state index < -0.39 is 5.97 Å². The number of halogens is 1. The Labute approximate surface area is 138 Å². The van der Waals surface area contributed by atoms with Crippen LogP contribution in [0.3, 0.4) is 0 Å². The Morgan fingerprint density at radius 2 is 1.23 bits per heavy atom. The molecular weight excluding hydrogens is 296 g/mol. The molecule has 2 nitrogen and oxygen atoms in total. The van der Waals surface area contributed by atoms with E-state index >= 15 is 0 Å². The summed E-state index contributed by atoms with van der Waals surface area (Å²) in [6, 6.07) is 14.8. The van der Waals surface area contributed by atoms with Crippen LogP contribution in [0.15, 0.2) is 48.5 Å². The number of benzene rings is 2. The molecule has 3 heteroatoms. The first kappa shape index (κ1) is 20.2. The second-order valence-electron chi connectivity index (χ2n) is 4.34. The summed E-state index contributed by atoms with van der Waals surface area (Å²) in [5.74, 6) is -0.868. The lowest BCUT2D eigenvalue weighted by Crippen LogP contribution is -1.95. The van der Waals surface area contributed by atoms with Crippen molar-refractivity contribution in [3.63, 3.8) is 0 Å². The zero-order valence-electron chi connectivity index (χ0n) is 13.8. The van der Waals surface area contributed by atoms with E-state index in [-0.39, 0.29) is 0 Å². The molecule has 0 aliphatic rings. The highest BCUT2D eigenvalue weighted by molar-refractivity contribution is 6.30. The van der Waals surface area contributed by atoms with Crippen molar-refractivity contribution >= 4 is 17.6 Å². The molecule has 1 N–H and O–H groups in total. The minimum absolute atomic E-state index is 0.349. The van der Waals surface area contributed by atoms with E-state index in [0.717, 1.165) is 23.4 Å². The quantitative estimate of drug-likeness (QED) is 0.767. The molecule has 0 aromatic heterocycles. The smallest absolute Gasteiger partial charge is 0.335 e. The van der Waals surface area contributed by atoms with Gasteiger partial charge in [-0.1, -0.05) is 63.6 Å². The molecule has 0 saturated carbocycles. The van der Waals surface area contributed by atoms with Gasteiger partial charge in [0.1, 0.15) is 0 Å². The zero-order chi connectivity index (χ0) is 17.0. The molecule has 0 unspecified atom stereocenters. The van der Waals surface area contributed by atoms with Crippen LogP contribution in [0.1, 0.15) is 49.2 Å². The minimum atomic E-state index is -0.868. The number of aromatic carboxylic acids is 1. The number of carboxylic acids is 1. The van der Waals surface area contributed by atoms with Gasteiger partial charge in [0.2, 0.25) is 0 Å². The summed E-state index contributed by atoms with van der Waals surface area (Å²) in [7, 11) is 0. The van der Waals surface area contributed by atoms with Gasteiger partial charge in [-0.05, 0) is 48.2 Å². The lowest BCUT2D eigenvalue weighted by atomic mass is 10.1. The maximum atomic E-state index is 10.4. The third-order valence-corrected chi connectivity index (χ3v) is 3.18. The summed E-state index contributed by atoms with van der Waals surface area (Å²) in [5, 5.41) is 9.36. The van der Waals surface area contributed by atoms with Crippen molar-refractivity contribution in [3.05, 3.63) is 70.2 Å². The van der Waals surface area contributed by atoms with Gasteiger partial charge in [0.05, 0.1) is 5.56 Å². The van der Waals surface area contributed by atoms with E-state index in [1.165, 1.54) is 5.56 Å². The SMILES string of the molecule is CC.CCc1ccc(C(=O)O)cc1.CCc1ccc(Cl)cc1. The molecule has 0 heterocycles. The standard InChI is InChI=1S/C9H10O2.C8H9Cl.C2H6/c1-2-7-3-5-8(6-4-7)9(10)11;1-2-7-3-5-8(9)6-4-7;1-2/h3-6H,2H2,1H3,(H,10,11);3-6H,2H2,1H3;1-2H3. The average molecular weight is 321 g/mol. The molecule has 120 valence electrons. The Balaban J connectivity index is 0.000000366. The number of hydrogen-bond donors (Lipinski definition) is 1. The Morgan fingerprint density at radius 3 is 1.55 bits per heavy atom. The fourth-order valence-electron chi connectivity index (χ4n) is 1.60. The van der Waals surface area contributed by atoms with Crippen molar-refractivity contribution in [2.45, 2.75) is 40.5 Å². The Hall–Kier alpha value is -1.80. The molecule has 0 spiro atoms. The summed E-state index contributed by atoms with van der Waals surface area (Å²) >= 11 is 5.67. The van der Waals surface area contributed by atoms with E-state index in [0.29, 0.717) is 5.56 Å². The molecule has 2 rings (SSSR count). The van der Waals surface area contributed by atoms with Gasteiger partial charge < -0.3 is 5.11 Å². The van der Waals surface area contributed by atoms with Crippen molar-refractivity contribution in [2.75, 3.05) is 0 Å². The molecule has 0 bridgehead atoms. The minimum Gasteiger partial charge on any atom is -0.478 e. The average Bonchev–Trinajstić information content (AvgIpc) is 2.58. The Bertz CT molecular complexity index is 530. The van der Waals surface area contributed by atoms with Gasteiger partial charge in [-0.2, -0.15) is 0 Å². The van der Waals surface area contributed by atoms with Crippen LogP contribution in [0.4, 0.5) is 0 Å². The van der Waals surface area contributed by atoms with Gasteiger partial charge in [-0.25, -0.2) is 4.79 Å². The first-order valence-electron chi connectivity index (χ1n) is 7.63. The molecule has 22 heavy (non-hydrogen) atoms. The van der Waals surface area contributed by atoms with E-state index in [1.54, 1.807) is 12.1 Å².